The Balaban J connectivity index is 1.56. The van der Waals surface area contributed by atoms with Crippen LogP contribution < -0.4 is 0 Å². The van der Waals surface area contributed by atoms with Crippen LogP contribution in [0.2, 0.25) is 0 Å². The molecule has 0 saturated carbocycles. The van der Waals surface area contributed by atoms with E-state index in [1.54, 1.807) is 30.3 Å². The number of nitrogens with one attached hydrogen (secondary N) is 2. The molecule has 0 saturated heterocycles. The first-order valence-electron chi connectivity index (χ1n) is 12.2. The monoisotopic (exact) mass is 614 g/mol. The van der Waals surface area contributed by atoms with Crippen molar-refractivity contribution in [2.75, 3.05) is 0 Å². The lowest BCUT2D eigenvalue weighted by atomic mass is 9.93. The highest BCUT2D eigenvalue weighted by molar-refractivity contribution is 5.42. The summed E-state index contributed by atoms with van der Waals surface area (Å²) >= 11 is 0. The van der Waals surface area contributed by atoms with Gasteiger partial charge >= 0.3 is 0 Å². The minimum Gasteiger partial charge on any atom is -0.382 e. The molecule has 5 aromatic rings. The molecule has 224 valence electrons. The van der Waals surface area contributed by atoms with Gasteiger partial charge in [-0.1, -0.05) is 30.3 Å². The largest absolute Gasteiger partial charge is 0.382 e. The van der Waals surface area contributed by atoms with Crippen LogP contribution in [0.15, 0.2) is 54.6 Å². The fourth-order valence-corrected chi connectivity index (χ4v) is 4.72. The van der Waals surface area contributed by atoms with E-state index in [1.807, 2.05) is 0 Å². The van der Waals surface area contributed by atoms with Gasteiger partial charge in [0.1, 0.15) is 12.2 Å². The summed E-state index contributed by atoms with van der Waals surface area (Å²) in [5, 5.41) is 21.2. The van der Waals surface area contributed by atoms with Gasteiger partial charge in [-0.2, -0.15) is 0 Å². The van der Waals surface area contributed by atoms with Gasteiger partial charge in [-0.05, 0) is 29.8 Å². The van der Waals surface area contributed by atoms with Gasteiger partial charge < -0.3 is 20.2 Å². The van der Waals surface area contributed by atoms with Crippen molar-refractivity contribution in [3.8, 4) is 0 Å². The Bertz CT molecular complexity index is 1670. The predicted octanol–water partition coefficient (Wildman–Crippen LogP) is 7.08. The van der Waals surface area contributed by atoms with Crippen LogP contribution in [-0.4, -0.2) is 20.2 Å². The van der Waals surface area contributed by atoms with Gasteiger partial charge in [0.15, 0.2) is 46.5 Å². The minimum atomic E-state index is -2.40. The van der Waals surface area contributed by atoms with Crippen molar-refractivity contribution in [2.24, 2.45) is 0 Å². The second-order valence-corrected chi connectivity index (χ2v) is 9.35. The third-order valence-electron chi connectivity index (χ3n) is 6.84. The van der Waals surface area contributed by atoms with Gasteiger partial charge in [-0.3, -0.25) is 0 Å². The van der Waals surface area contributed by atoms with Crippen LogP contribution in [0.1, 0.15) is 57.6 Å². The number of halogens is 10. The summed E-state index contributed by atoms with van der Waals surface area (Å²) in [6, 6.07) is 12.9. The molecule has 0 aliphatic heterocycles. The highest BCUT2D eigenvalue weighted by Gasteiger charge is 2.33. The van der Waals surface area contributed by atoms with Gasteiger partial charge in [0.05, 0.1) is 17.0 Å². The standard InChI is InChI=1S/C29H16F10N2O2/c30-18-16(19(31)23(35)26(38)22(18)34)28(42)13-8-6-11(40-13)15(10-4-2-1-3-5-10)12-7-9-14(41-12)29(43)17-20(32)24(36)27(39)25(37)21(17)33/h1-9,15,28-29,40-43H. The Hall–Kier alpha value is -4.56. The molecular weight excluding hydrogens is 598 g/mol. The van der Waals surface area contributed by atoms with Crippen molar-refractivity contribution < 1.29 is 54.1 Å². The Morgan fingerprint density at radius 1 is 0.395 bits per heavy atom. The molecule has 43 heavy (non-hydrogen) atoms. The first kappa shape index (κ1) is 29.9. The molecule has 0 fully saturated rings. The lowest BCUT2D eigenvalue weighted by Gasteiger charge is -2.17. The van der Waals surface area contributed by atoms with Crippen LogP contribution in [0.5, 0.6) is 0 Å². The number of rotatable bonds is 7. The molecule has 0 radical (unpaired) electrons. The van der Waals surface area contributed by atoms with E-state index in [-0.39, 0.29) is 22.8 Å². The number of aromatic amines is 2. The van der Waals surface area contributed by atoms with Crippen LogP contribution in [-0.2, 0) is 0 Å². The summed E-state index contributed by atoms with van der Waals surface area (Å²) in [6.07, 6.45) is -4.69. The van der Waals surface area contributed by atoms with Crippen molar-refractivity contribution in [3.63, 3.8) is 0 Å². The molecule has 0 aliphatic rings. The molecule has 0 spiro atoms. The summed E-state index contributed by atoms with van der Waals surface area (Å²) in [5.41, 5.74) is -2.98. The van der Waals surface area contributed by atoms with Gasteiger partial charge in [-0.25, -0.2) is 43.9 Å². The van der Waals surface area contributed by atoms with Crippen molar-refractivity contribution in [1.82, 2.24) is 9.97 Å². The number of benzene rings is 3. The van der Waals surface area contributed by atoms with E-state index in [2.05, 4.69) is 9.97 Å². The molecule has 2 unspecified atom stereocenters. The predicted molar refractivity (Wildman–Crippen MR) is 130 cm³/mol. The molecule has 3 aromatic carbocycles. The summed E-state index contributed by atoms with van der Waals surface area (Å²) < 4.78 is 139. The van der Waals surface area contributed by atoms with Crippen molar-refractivity contribution in [2.45, 2.75) is 18.1 Å². The molecule has 0 amide bonds. The van der Waals surface area contributed by atoms with E-state index in [9.17, 15) is 54.1 Å². The summed E-state index contributed by atoms with van der Waals surface area (Å²) in [5.74, 6) is -23.7. The molecular formula is C29H16F10N2O2. The molecule has 4 nitrogen and oxygen atoms in total. The first-order valence-corrected chi connectivity index (χ1v) is 12.2. The van der Waals surface area contributed by atoms with Gasteiger partial charge in [0, 0.05) is 22.8 Å². The maximum atomic E-state index is 14.3. The zero-order valence-electron chi connectivity index (χ0n) is 21.1. The zero-order valence-corrected chi connectivity index (χ0v) is 21.1. The second kappa shape index (κ2) is 11.3. The van der Waals surface area contributed by atoms with Crippen LogP contribution in [0.25, 0.3) is 0 Å². The molecule has 0 aliphatic carbocycles. The maximum absolute atomic E-state index is 14.3. The Morgan fingerprint density at radius 2 is 0.698 bits per heavy atom. The lowest BCUT2D eigenvalue weighted by molar-refractivity contribution is 0.198. The second-order valence-electron chi connectivity index (χ2n) is 9.35. The quantitative estimate of drug-likeness (QED) is 0.0900. The Kier molecular flexibility index (Phi) is 7.84. The third-order valence-corrected chi connectivity index (χ3v) is 6.84. The summed E-state index contributed by atoms with van der Waals surface area (Å²) in [6.45, 7) is 0. The van der Waals surface area contributed by atoms with Gasteiger partial charge in [0.2, 0.25) is 11.6 Å². The van der Waals surface area contributed by atoms with E-state index in [4.69, 9.17) is 0 Å². The number of hydrogen-bond acceptors (Lipinski definition) is 2. The minimum absolute atomic E-state index is 0.156. The fourth-order valence-electron chi connectivity index (χ4n) is 4.72. The van der Waals surface area contributed by atoms with E-state index in [1.165, 1.54) is 12.1 Å². The number of aliphatic hydroxyl groups is 2. The average Bonchev–Trinajstić information content (AvgIpc) is 3.69. The molecule has 2 atom stereocenters. The molecule has 0 bridgehead atoms. The average molecular weight is 614 g/mol. The number of aliphatic hydroxyl groups excluding tert-OH is 2. The number of hydrogen-bond donors (Lipinski definition) is 4. The van der Waals surface area contributed by atoms with Gasteiger partial charge in [-0.15, -0.1) is 0 Å². The van der Waals surface area contributed by atoms with E-state index in [0.717, 1.165) is 12.1 Å². The number of H-pyrrole nitrogens is 2. The van der Waals surface area contributed by atoms with Crippen LogP contribution in [0.3, 0.4) is 0 Å². The summed E-state index contributed by atoms with van der Waals surface area (Å²) in [4.78, 5) is 5.32. The Morgan fingerprint density at radius 3 is 1.05 bits per heavy atom. The molecule has 4 N–H and O–H groups in total. The molecule has 2 heterocycles. The lowest BCUT2D eigenvalue weighted by Crippen LogP contribution is -2.13. The molecule has 2 aromatic heterocycles. The normalized spacial score (nSPS) is 13.8. The van der Waals surface area contributed by atoms with Crippen molar-refractivity contribution in [3.05, 3.63) is 152 Å². The Labute approximate surface area is 234 Å². The smallest absolute Gasteiger partial charge is 0.200 e. The first-order chi connectivity index (χ1) is 20.3. The van der Waals surface area contributed by atoms with Crippen molar-refractivity contribution in [1.29, 1.82) is 0 Å². The maximum Gasteiger partial charge on any atom is 0.200 e. The summed E-state index contributed by atoms with van der Waals surface area (Å²) in [7, 11) is 0. The van der Waals surface area contributed by atoms with Crippen molar-refractivity contribution >= 4 is 0 Å². The highest BCUT2D eigenvalue weighted by Crippen LogP contribution is 2.37. The molecule has 14 heteroatoms. The van der Waals surface area contributed by atoms with E-state index < -0.39 is 87.4 Å². The fraction of sp³-hybridized carbons (Fsp3) is 0.103. The van der Waals surface area contributed by atoms with Gasteiger partial charge in [0.25, 0.3) is 0 Å². The van der Waals surface area contributed by atoms with Crippen LogP contribution in [0.4, 0.5) is 43.9 Å². The number of aromatic nitrogens is 2. The molecule has 5 rings (SSSR count). The van der Waals surface area contributed by atoms with E-state index in [0.29, 0.717) is 5.56 Å². The topological polar surface area (TPSA) is 72.0 Å². The van der Waals surface area contributed by atoms with E-state index >= 15 is 0 Å². The highest BCUT2D eigenvalue weighted by atomic mass is 19.2. The third kappa shape index (κ3) is 4.95. The van der Waals surface area contributed by atoms with Crippen LogP contribution >= 0.6 is 0 Å². The van der Waals surface area contributed by atoms with Crippen LogP contribution in [0, 0.1) is 58.2 Å². The zero-order chi connectivity index (χ0) is 31.3. The SMILES string of the molecule is OC(c1ccc(C(c2ccccc2)c2ccc(C(O)c3c(F)c(F)c(F)c(F)c3F)[nH]2)[nH]1)c1c(F)c(F)c(F)c(F)c1F.